The van der Waals surface area contributed by atoms with E-state index in [-0.39, 0.29) is 11.3 Å². The van der Waals surface area contributed by atoms with Gasteiger partial charge in [0.25, 0.3) is 5.91 Å². The zero-order valence-corrected chi connectivity index (χ0v) is 17.2. The molecule has 5 heteroatoms. The highest BCUT2D eigenvalue weighted by atomic mass is 35.5. The van der Waals surface area contributed by atoms with Gasteiger partial charge in [-0.2, -0.15) is 0 Å². The van der Waals surface area contributed by atoms with Crippen LogP contribution < -0.4 is 5.32 Å². The standard InChI is InChI=1S/C24H21ClN2O2/c1-24(2,3)16-10-8-15(9-11-16)22(28)26-17-12-13-20-21(14-17)29-23(27-20)18-6-4-5-7-19(18)25/h4-14H,1-3H3,(H,26,28). The number of nitrogens with zero attached hydrogens (tertiary/aromatic N) is 1. The van der Waals surface area contributed by atoms with E-state index in [1.165, 1.54) is 5.56 Å². The van der Waals surface area contributed by atoms with Crippen molar-refractivity contribution in [2.45, 2.75) is 26.2 Å². The molecule has 146 valence electrons. The van der Waals surface area contributed by atoms with Crippen molar-refractivity contribution in [1.29, 1.82) is 0 Å². The zero-order chi connectivity index (χ0) is 20.6. The molecule has 0 saturated heterocycles. The summed E-state index contributed by atoms with van der Waals surface area (Å²) in [7, 11) is 0. The molecule has 0 bridgehead atoms. The fourth-order valence-corrected chi connectivity index (χ4v) is 3.29. The van der Waals surface area contributed by atoms with Gasteiger partial charge in [-0.25, -0.2) is 4.98 Å². The Labute approximate surface area is 174 Å². The Morgan fingerprint density at radius 1 is 1.00 bits per heavy atom. The summed E-state index contributed by atoms with van der Waals surface area (Å²) in [6, 6.07) is 20.5. The fourth-order valence-electron chi connectivity index (χ4n) is 3.08. The van der Waals surface area contributed by atoms with Crippen molar-refractivity contribution >= 4 is 34.3 Å². The van der Waals surface area contributed by atoms with E-state index < -0.39 is 0 Å². The smallest absolute Gasteiger partial charge is 0.255 e. The highest BCUT2D eigenvalue weighted by molar-refractivity contribution is 6.33. The molecule has 0 saturated carbocycles. The first-order valence-corrected chi connectivity index (χ1v) is 9.76. The van der Waals surface area contributed by atoms with Gasteiger partial charge in [-0.05, 0) is 47.4 Å². The lowest BCUT2D eigenvalue weighted by Gasteiger charge is -2.19. The second-order valence-electron chi connectivity index (χ2n) is 7.96. The largest absolute Gasteiger partial charge is 0.436 e. The molecule has 1 heterocycles. The number of carbonyl (C=O) groups excluding carboxylic acids is 1. The summed E-state index contributed by atoms with van der Waals surface area (Å²) in [5, 5.41) is 3.49. The van der Waals surface area contributed by atoms with Crippen LogP contribution in [0.3, 0.4) is 0 Å². The second kappa shape index (κ2) is 7.37. The van der Waals surface area contributed by atoms with Crippen LogP contribution in [0.2, 0.25) is 5.02 Å². The Morgan fingerprint density at radius 2 is 1.72 bits per heavy atom. The third-order valence-electron chi connectivity index (χ3n) is 4.76. The summed E-state index contributed by atoms with van der Waals surface area (Å²) in [6.07, 6.45) is 0. The summed E-state index contributed by atoms with van der Waals surface area (Å²) in [5.41, 5.74) is 4.50. The quantitative estimate of drug-likeness (QED) is 0.413. The van der Waals surface area contributed by atoms with Crippen molar-refractivity contribution in [3.8, 4) is 11.5 Å². The van der Waals surface area contributed by atoms with Gasteiger partial charge in [0.1, 0.15) is 5.52 Å². The monoisotopic (exact) mass is 404 g/mol. The van der Waals surface area contributed by atoms with E-state index in [0.717, 1.165) is 5.56 Å². The van der Waals surface area contributed by atoms with Crippen molar-refractivity contribution in [2.24, 2.45) is 0 Å². The number of hydrogen-bond acceptors (Lipinski definition) is 3. The maximum Gasteiger partial charge on any atom is 0.255 e. The average molecular weight is 405 g/mol. The first kappa shape index (κ1) is 19.2. The topological polar surface area (TPSA) is 55.1 Å². The minimum atomic E-state index is -0.171. The predicted octanol–water partition coefficient (Wildman–Crippen LogP) is 6.70. The molecule has 0 fully saturated rings. The lowest BCUT2D eigenvalue weighted by Crippen LogP contribution is -2.14. The first-order chi connectivity index (χ1) is 13.8. The molecule has 4 rings (SSSR count). The minimum absolute atomic E-state index is 0.0473. The molecule has 1 amide bonds. The van der Waals surface area contributed by atoms with Crippen molar-refractivity contribution in [3.63, 3.8) is 0 Å². The Bertz CT molecular complexity index is 1190. The number of rotatable bonds is 3. The number of nitrogens with one attached hydrogen (secondary N) is 1. The number of fused-ring (bicyclic) bond motifs is 1. The van der Waals surface area contributed by atoms with Crippen LogP contribution in [0.5, 0.6) is 0 Å². The fraction of sp³-hybridized carbons (Fsp3) is 0.167. The molecule has 1 aromatic heterocycles. The molecular formula is C24H21ClN2O2. The maximum absolute atomic E-state index is 12.6. The highest BCUT2D eigenvalue weighted by Crippen LogP contribution is 2.31. The van der Waals surface area contributed by atoms with E-state index >= 15 is 0 Å². The Hall–Kier alpha value is -3.11. The van der Waals surface area contributed by atoms with Crippen LogP contribution in [0.15, 0.2) is 71.1 Å². The van der Waals surface area contributed by atoms with E-state index in [0.29, 0.717) is 33.3 Å². The Balaban J connectivity index is 1.57. The van der Waals surface area contributed by atoms with E-state index in [4.69, 9.17) is 16.0 Å². The lowest BCUT2D eigenvalue weighted by atomic mass is 9.87. The molecule has 29 heavy (non-hydrogen) atoms. The van der Waals surface area contributed by atoms with Crippen LogP contribution in [-0.2, 0) is 5.41 Å². The van der Waals surface area contributed by atoms with Crippen LogP contribution in [0.4, 0.5) is 5.69 Å². The molecule has 4 nitrogen and oxygen atoms in total. The number of carbonyl (C=O) groups is 1. The van der Waals surface area contributed by atoms with Gasteiger partial charge in [-0.1, -0.05) is 56.6 Å². The maximum atomic E-state index is 12.6. The summed E-state index contributed by atoms with van der Waals surface area (Å²) in [5.74, 6) is 0.280. The van der Waals surface area contributed by atoms with Gasteiger partial charge in [0.15, 0.2) is 5.58 Å². The number of amides is 1. The third-order valence-corrected chi connectivity index (χ3v) is 5.09. The number of hydrogen-bond donors (Lipinski definition) is 1. The van der Waals surface area contributed by atoms with E-state index in [2.05, 4.69) is 31.1 Å². The normalized spacial score (nSPS) is 11.6. The molecule has 0 spiro atoms. The van der Waals surface area contributed by atoms with Crippen LogP contribution in [0.25, 0.3) is 22.6 Å². The number of benzene rings is 3. The van der Waals surface area contributed by atoms with E-state index in [1.54, 1.807) is 12.1 Å². The van der Waals surface area contributed by atoms with Crippen LogP contribution >= 0.6 is 11.6 Å². The van der Waals surface area contributed by atoms with E-state index in [1.807, 2.05) is 54.6 Å². The van der Waals surface area contributed by atoms with Gasteiger partial charge < -0.3 is 9.73 Å². The molecular weight excluding hydrogens is 384 g/mol. The van der Waals surface area contributed by atoms with Crippen molar-refractivity contribution in [2.75, 3.05) is 5.32 Å². The molecule has 0 aliphatic heterocycles. The third kappa shape index (κ3) is 4.03. The Kier molecular flexibility index (Phi) is 4.89. The van der Waals surface area contributed by atoms with E-state index in [9.17, 15) is 4.79 Å². The van der Waals surface area contributed by atoms with Crippen LogP contribution in [0.1, 0.15) is 36.7 Å². The van der Waals surface area contributed by atoms with Gasteiger partial charge in [0.2, 0.25) is 5.89 Å². The number of aromatic nitrogens is 1. The predicted molar refractivity (Wildman–Crippen MR) is 118 cm³/mol. The summed E-state index contributed by atoms with van der Waals surface area (Å²) >= 11 is 6.24. The minimum Gasteiger partial charge on any atom is -0.436 e. The van der Waals surface area contributed by atoms with Gasteiger partial charge in [-0.15, -0.1) is 0 Å². The van der Waals surface area contributed by atoms with Gasteiger partial charge in [0, 0.05) is 17.3 Å². The SMILES string of the molecule is CC(C)(C)c1ccc(C(=O)Nc2ccc3nc(-c4ccccc4Cl)oc3c2)cc1. The number of anilines is 1. The van der Waals surface area contributed by atoms with Crippen LogP contribution in [0, 0.1) is 0 Å². The summed E-state index contributed by atoms with van der Waals surface area (Å²) in [4.78, 5) is 17.1. The van der Waals surface area contributed by atoms with Crippen molar-refractivity contribution < 1.29 is 9.21 Å². The molecule has 3 aromatic carbocycles. The van der Waals surface area contributed by atoms with Crippen molar-refractivity contribution in [3.05, 3.63) is 82.9 Å². The molecule has 4 aromatic rings. The zero-order valence-electron chi connectivity index (χ0n) is 16.5. The molecule has 0 unspecified atom stereocenters. The second-order valence-corrected chi connectivity index (χ2v) is 8.37. The van der Waals surface area contributed by atoms with Crippen LogP contribution in [-0.4, -0.2) is 10.9 Å². The average Bonchev–Trinajstić information content (AvgIpc) is 3.11. The number of oxazole rings is 1. The molecule has 0 aliphatic rings. The summed E-state index contributed by atoms with van der Waals surface area (Å²) < 4.78 is 5.87. The first-order valence-electron chi connectivity index (χ1n) is 9.39. The number of halogens is 1. The van der Waals surface area contributed by atoms with Gasteiger partial charge in [-0.3, -0.25) is 4.79 Å². The Morgan fingerprint density at radius 3 is 2.41 bits per heavy atom. The molecule has 0 radical (unpaired) electrons. The summed E-state index contributed by atoms with van der Waals surface area (Å²) in [6.45, 7) is 6.43. The molecule has 0 aliphatic carbocycles. The van der Waals surface area contributed by atoms with Crippen molar-refractivity contribution in [1.82, 2.24) is 4.98 Å². The molecule has 1 N–H and O–H groups in total. The van der Waals surface area contributed by atoms with Gasteiger partial charge in [0.05, 0.1) is 10.6 Å². The highest BCUT2D eigenvalue weighted by Gasteiger charge is 2.15. The van der Waals surface area contributed by atoms with Gasteiger partial charge >= 0.3 is 0 Å². The lowest BCUT2D eigenvalue weighted by molar-refractivity contribution is 0.102. The molecule has 0 atom stereocenters.